The second kappa shape index (κ2) is 7.19. The van der Waals surface area contributed by atoms with E-state index in [-0.39, 0.29) is 30.0 Å². The van der Waals surface area contributed by atoms with Crippen LogP contribution in [0.5, 0.6) is 0 Å². The molecule has 1 aliphatic rings. The SMILES string of the molecule is C[C@@H]1CC(=O)Nc2ccccc2N1C(=O)COC(=O)c1cc2ccccc2[nH]1. The summed E-state index contributed by atoms with van der Waals surface area (Å²) in [7, 11) is 0. The van der Waals surface area contributed by atoms with Crippen molar-refractivity contribution in [1.82, 2.24) is 4.98 Å². The molecule has 0 radical (unpaired) electrons. The van der Waals surface area contributed by atoms with E-state index < -0.39 is 12.6 Å². The largest absolute Gasteiger partial charge is 0.451 e. The van der Waals surface area contributed by atoms with Gasteiger partial charge >= 0.3 is 5.97 Å². The summed E-state index contributed by atoms with van der Waals surface area (Å²) in [5.41, 5.74) is 2.26. The number of carbonyl (C=O) groups is 3. The first-order valence-corrected chi connectivity index (χ1v) is 8.99. The van der Waals surface area contributed by atoms with E-state index in [4.69, 9.17) is 4.74 Å². The third-order valence-corrected chi connectivity index (χ3v) is 4.70. The number of H-pyrrole nitrogens is 1. The standard InChI is InChI=1S/C21H19N3O4/c1-13-10-19(25)23-16-8-4-5-9-18(16)24(13)20(26)12-28-21(27)17-11-14-6-2-3-7-15(14)22-17/h2-9,11,13,22H,10,12H2,1H3,(H,23,25)/t13-/m1/s1. The first kappa shape index (κ1) is 17.8. The highest BCUT2D eigenvalue weighted by molar-refractivity contribution is 6.05. The minimum Gasteiger partial charge on any atom is -0.451 e. The van der Waals surface area contributed by atoms with Gasteiger partial charge in [-0.3, -0.25) is 9.59 Å². The van der Waals surface area contributed by atoms with Crippen LogP contribution in [0.3, 0.4) is 0 Å². The highest BCUT2D eigenvalue weighted by Gasteiger charge is 2.30. The molecule has 28 heavy (non-hydrogen) atoms. The molecule has 0 saturated heterocycles. The van der Waals surface area contributed by atoms with Gasteiger partial charge in [0.25, 0.3) is 5.91 Å². The quantitative estimate of drug-likeness (QED) is 0.686. The lowest BCUT2D eigenvalue weighted by atomic mass is 10.1. The minimum atomic E-state index is -0.602. The summed E-state index contributed by atoms with van der Waals surface area (Å²) in [6.07, 6.45) is 0.163. The molecule has 1 aliphatic heterocycles. The van der Waals surface area contributed by atoms with Gasteiger partial charge in [-0.1, -0.05) is 30.3 Å². The second-order valence-electron chi connectivity index (χ2n) is 6.73. The number of aromatic nitrogens is 1. The molecule has 7 nitrogen and oxygen atoms in total. The number of amides is 2. The van der Waals surface area contributed by atoms with Crippen molar-refractivity contribution >= 4 is 40.1 Å². The molecule has 2 amide bonds. The Kier molecular flexibility index (Phi) is 4.57. The fraction of sp³-hybridized carbons (Fsp3) is 0.190. The van der Waals surface area contributed by atoms with Crippen LogP contribution in [0.1, 0.15) is 23.8 Å². The van der Waals surface area contributed by atoms with Crippen molar-refractivity contribution < 1.29 is 19.1 Å². The number of esters is 1. The molecule has 2 aromatic carbocycles. The Morgan fingerprint density at radius 3 is 2.71 bits per heavy atom. The maximum Gasteiger partial charge on any atom is 0.355 e. The molecule has 1 atom stereocenters. The summed E-state index contributed by atoms with van der Waals surface area (Å²) in [5, 5.41) is 3.69. The molecule has 0 fully saturated rings. The van der Waals surface area contributed by atoms with E-state index >= 15 is 0 Å². The molecule has 0 aliphatic carbocycles. The zero-order chi connectivity index (χ0) is 19.7. The van der Waals surface area contributed by atoms with Gasteiger partial charge in [0.1, 0.15) is 5.69 Å². The van der Waals surface area contributed by atoms with E-state index in [0.29, 0.717) is 11.4 Å². The van der Waals surface area contributed by atoms with Crippen LogP contribution >= 0.6 is 0 Å². The summed E-state index contributed by atoms with van der Waals surface area (Å²) in [6.45, 7) is 1.38. The Hall–Kier alpha value is -3.61. The van der Waals surface area contributed by atoms with Crippen LogP contribution in [0.2, 0.25) is 0 Å². The van der Waals surface area contributed by atoms with Crippen molar-refractivity contribution in [2.75, 3.05) is 16.8 Å². The molecule has 2 N–H and O–H groups in total. The lowest BCUT2D eigenvalue weighted by Crippen LogP contribution is -2.41. The third kappa shape index (κ3) is 3.34. The summed E-state index contributed by atoms with van der Waals surface area (Å²) < 4.78 is 5.24. The Morgan fingerprint density at radius 2 is 1.89 bits per heavy atom. The predicted molar refractivity (Wildman–Crippen MR) is 105 cm³/mol. The van der Waals surface area contributed by atoms with Gasteiger partial charge in [-0.25, -0.2) is 4.79 Å². The number of ether oxygens (including phenoxy) is 1. The minimum absolute atomic E-state index is 0.162. The summed E-state index contributed by atoms with van der Waals surface area (Å²) in [4.78, 5) is 41.7. The number of fused-ring (bicyclic) bond motifs is 2. The number of anilines is 2. The summed E-state index contributed by atoms with van der Waals surface area (Å²) >= 11 is 0. The maximum absolute atomic E-state index is 12.8. The number of aromatic amines is 1. The van der Waals surface area contributed by atoms with Crippen molar-refractivity contribution in [2.24, 2.45) is 0 Å². The number of nitrogens with one attached hydrogen (secondary N) is 2. The molecule has 0 bridgehead atoms. The Labute approximate surface area is 161 Å². The Balaban J connectivity index is 1.51. The first-order chi connectivity index (χ1) is 13.5. The molecular formula is C21H19N3O4. The van der Waals surface area contributed by atoms with Gasteiger partial charge in [0, 0.05) is 23.4 Å². The van der Waals surface area contributed by atoms with E-state index in [1.165, 1.54) is 4.90 Å². The van der Waals surface area contributed by atoms with Gasteiger partial charge < -0.3 is 19.9 Å². The van der Waals surface area contributed by atoms with E-state index in [0.717, 1.165) is 10.9 Å². The van der Waals surface area contributed by atoms with Crippen LogP contribution in [-0.4, -0.2) is 35.4 Å². The van der Waals surface area contributed by atoms with Crippen molar-refractivity contribution in [2.45, 2.75) is 19.4 Å². The van der Waals surface area contributed by atoms with Crippen LogP contribution in [0.25, 0.3) is 10.9 Å². The normalized spacial score (nSPS) is 16.2. The van der Waals surface area contributed by atoms with Gasteiger partial charge in [-0.2, -0.15) is 0 Å². The van der Waals surface area contributed by atoms with Crippen LogP contribution < -0.4 is 10.2 Å². The second-order valence-corrected chi connectivity index (χ2v) is 6.73. The number of hydrogen-bond donors (Lipinski definition) is 2. The number of para-hydroxylation sites is 3. The van der Waals surface area contributed by atoms with Crippen molar-refractivity contribution in [3.05, 3.63) is 60.3 Å². The molecule has 1 aromatic heterocycles. The van der Waals surface area contributed by atoms with E-state index in [1.807, 2.05) is 24.3 Å². The van der Waals surface area contributed by atoms with Crippen LogP contribution in [0.15, 0.2) is 54.6 Å². The topological polar surface area (TPSA) is 91.5 Å². The average Bonchev–Trinajstić information content (AvgIpc) is 3.06. The van der Waals surface area contributed by atoms with Gasteiger partial charge in [-0.05, 0) is 31.2 Å². The fourth-order valence-corrected chi connectivity index (χ4v) is 3.43. The van der Waals surface area contributed by atoms with E-state index in [1.54, 1.807) is 37.3 Å². The van der Waals surface area contributed by atoms with Gasteiger partial charge in [0.15, 0.2) is 6.61 Å². The van der Waals surface area contributed by atoms with E-state index in [2.05, 4.69) is 10.3 Å². The Morgan fingerprint density at radius 1 is 1.14 bits per heavy atom. The Bertz CT molecular complexity index is 1040. The summed E-state index contributed by atoms with van der Waals surface area (Å²) in [5.74, 6) is -1.15. The molecule has 142 valence electrons. The predicted octanol–water partition coefficient (Wildman–Crippen LogP) is 3.09. The van der Waals surface area contributed by atoms with Crippen molar-refractivity contribution in [3.8, 4) is 0 Å². The van der Waals surface area contributed by atoms with Crippen LogP contribution in [-0.2, 0) is 14.3 Å². The number of carbonyl (C=O) groups excluding carboxylic acids is 3. The first-order valence-electron chi connectivity index (χ1n) is 8.99. The number of rotatable bonds is 3. The monoisotopic (exact) mass is 377 g/mol. The summed E-state index contributed by atoms with van der Waals surface area (Å²) in [6, 6.07) is 15.9. The van der Waals surface area contributed by atoms with Gasteiger partial charge in [-0.15, -0.1) is 0 Å². The molecule has 0 saturated carbocycles. The molecule has 0 unspecified atom stereocenters. The molecular weight excluding hydrogens is 358 g/mol. The van der Waals surface area contributed by atoms with Crippen LogP contribution in [0.4, 0.5) is 11.4 Å². The van der Waals surface area contributed by atoms with Crippen LogP contribution in [0, 0.1) is 0 Å². The fourth-order valence-electron chi connectivity index (χ4n) is 3.43. The smallest absolute Gasteiger partial charge is 0.355 e. The molecule has 0 spiro atoms. The lowest BCUT2D eigenvalue weighted by Gasteiger charge is -2.27. The third-order valence-electron chi connectivity index (χ3n) is 4.70. The number of hydrogen-bond acceptors (Lipinski definition) is 4. The highest BCUT2D eigenvalue weighted by atomic mass is 16.5. The molecule has 3 aromatic rings. The molecule has 7 heteroatoms. The maximum atomic E-state index is 12.8. The zero-order valence-electron chi connectivity index (χ0n) is 15.3. The lowest BCUT2D eigenvalue weighted by molar-refractivity contribution is -0.122. The molecule has 2 heterocycles. The average molecular weight is 377 g/mol. The molecule has 4 rings (SSSR count). The van der Waals surface area contributed by atoms with Gasteiger partial charge in [0.2, 0.25) is 5.91 Å². The van der Waals surface area contributed by atoms with Crippen molar-refractivity contribution in [3.63, 3.8) is 0 Å². The van der Waals surface area contributed by atoms with E-state index in [9.17, 15) is 14.4 Å². The van der Waals surface area contributed by atoms with Crippen molar-refractivity contribution in [1.29, 1.82) is 0 Å². The zero-order valence-corrected chi connectivity index (χ0v) is 15.3. The highest BCUT2D eigenvalue weighted by Crippen LogP contribution is 2.31. The van der Waals surface area contributed by atoms with Gasteiger partial charge in [0.05, 0.1) is 11.4 Å². The number of benzene rings is 2. The number of nitrogens with zero attached hydrogens (tertiary/aromatic N) is 1.